The number of pyridine rings is 1. The number of hydrogen-bond donors (Lipinski definition) is 0. The molecular formula is C23H15Cl2N5OS. The number of nitrogens with zero attached hydrogens (tertiary/aromatic N) is 5. The van der Waals surface area contributed by atoms with Gasteiger partial charge >= 0.3 is 0 Å². The van der Waals surface area contributed by atoms with Gasteiger partial charge in [0, 0.05) is 34.8 Å². The molecule has 0 spiro atoms. The van der Waals surface area contributed by atoms with Gasteiger partial charge in [-0.05, 0) is 36.4 Å². The summed E-state index contributed by atoms with van der Waals surface area (Å²) in [5.41, 5.74) is 3.93. The van der Waals surface area contributed by atoms with E-state index in [0.29, 0.717) is 37.5 Å². The molecule has 6 nitrogen and oxygen atoms in total. The van der Waals surface area contributed by atoms with Crippen molar-refractivity contribution in [1.82, 2.24) is 9.66 Å². The average molecular weight is 480 g/mol. The lowest BCUT2D eigenvalue weighted by Gasteiger charge is -2.08. The lowest BCUT2D eigenvalue weighted by molar-refractivity contribution is -0.112. The van der Waals surface area contributed by atoms with E-state index in [9.17, 15) is 4.79 Å². The van der Waals surface area contributed by atoms with Crippen molar-refractivity contribution in [2.45, 2.75) is 0 Å². The van der Waals surface area contributed by atoms with Gasteiger partial charge in [0.15, 0.2) is 5.71 Å². The maximum atomic E-state index is 13.0. The summed E-state index contributed by atoms with van der Waals surface area (Å²) < 4.78 is 1.64. The molecule has 0 radical (unpaired) electrons. The van der Waals surface area contributed by atoms with E-state index in [1.54, 1.807) is 47.2 Å². The number of amides is 1. The van der Waals surface area contributed by atoms with E-state index >= 15 is 0 Å². The van der Waals surface area contributed by atoms with Crippen molar-refractivity contribution in [3.05, 3.63) is 92.8 Å². The number of anilines is 1. The maximum absolute atomic E-state index is 13.0. The fourth-order valence-electron chi connectivity index (χ4n) is 3.43. The number of carbonyl (C=O) groups is 1. The summed E-state index contributed by atoms with van der Waals surface area (Å²) in [5.74, 6) is -0.194. The molecule has 0 saturated heterocycles. The van der Waals surface area contributed by atoms with Gasteiger partial charge in [-0.15, -0.1) is 11.3 Å². The number of aromatic nitrogens is 2. The predicted octanol–water partition coefficient (Wildman–Crippen LogP) is 5.38. The van der Waals surface area contributed by atoms with E-state index in [1.165, 1.54) is 11.3 Å². The summed E-state index contributed by atoms with van der Waals surface area (Å²) in [6.45, 7) is 0. The van der Waals surface area contributed by atoms with E-state index < -0.39 is 0 Å². The SMILES string of the molecule is CN1C(=O)C(=Nn2c(-c3cc(Cl)ccc3Cl)csc2=Nc2cccnc2)c2ccccc21. The third-order valence-electron chi connectivity index (χ3n) is 4.99. The Morgan fingerprint density at radius 1 is 1.03 bits per heavy atom. The molecule has 0 atom stereocenters. The van der Waals surface area contributed by atoms with E-state index in [-0.39, 0.29) is 5.91 Å². The Labute approximate surface area is 197 Å². The van der Waals surface area contributed by atoms with E-state index in [4.69, 9.17) is 33.3 Å². The molecule has 1 aliphatic rings. The van der Waals surface area contributed by atoms with Crippen molar-refractivity contribution < 1.29 is 4.79 Å². The fraction of sp³-hybridized carbons (Fsp3) is 0.0435. The molecule has 5 rings (SSSR count). The second-order valence-corrected chi connectivity index (χ2v) is 8.67. The van der Waals surface area contributed by atoms with Gasteiger partial charge in [-0.3, -0.25) is 9.78 Å². The van der Waals surface area contributed by atoms with E-state index in [0.717, 1.165) is 11.3 Å². The maximum Gasteiger partial charge on any atom is 0.279 e. The summed E-state index contributed by atoms with van der Waals surface area (Å²) in [7, 11) is 1.73. The molecule has 0 aliphatic carbocycles. The number of rotatable bonds is 3. The predicted molar refractivity (Wildman–Crippen MR) is 129 cm³/mol. The van der Waals surface area contributed by atoms with Crippen LogP contribution in [-0.2, 0) is 4.79 Å². The van der Waals surface area contributed by atoms with Crippen LogP contribution in [0.25, 0.3) is 11.3 Å². The third kappa shape index (κ3) is 3.64. The number of thiazole rings is 1. The second kappa shape index (κ2) is 8.35. The number of para-hydroxylation sites is 1. The number of hydrogen-bond acceptors (Lipinski definition) is 5. The summed E-state index contributed by atoms with van der Waals surface area (Å²) in [4.78, 5) is 24.0. The first kappa shape index (κ1) is 20.6. The molecule has 0 bridgehead atoms. The summed E-state index contributed by atoms with van der Waals surface area (Å²) >= 11 is 14.1. The van der Waals surface area contributed by atoms with Crippen LogP contribution >= 0.6 is 34.5 Å². The normalized spacial score (nSPS) is 15.0. The highest BCUT2D eigenvalue weighted by molar-refractivity contribution is 7.07. The van der Waals surface area contributed by atoms with Crippen LogP contribution in [0.3, 0.4) is 0 Å². The zero-order valence-electron chi connectivity index (χ0n) is 16.7. The van der Waals surface area contributed by atoms with Crippen LogP contribution in [0.4, 0.5) is 11.4 Å². The van der Waals surface area contributed by atoms with Crippen LogP contribution in [-0.4, -0.2) is 28.3 Å². The highest BCUT2D eigenvalue weighted by atomic mass is 35.5. The zero-order chi connectivity index (χ0) is 22.2. The Morgan fingerprint density at radius 3 is 2.69 bits per heavy atom. The minimum Gasteiger partial charge on any atom is -0.309 e. The molecule has 32 heavy (non-hydrogen) atoms. The van der Waals surface area contributed by atoms with Crippen LogP contribution in [0.2, 0.25) is 10.0 Å². The molecule has 158 valence electrons. The number of carbonyl (C=O) groups excluding carboxylic acids is 1. The third-order valence-corrected chi connectivity index (χ3v) is 6.37. The van der Waals surface area contributed by atoms with Gasteiger partial charge in [0.1, 0.15) is 0 Å². The molecule has 1 aliphatic heterocycles. The number of benzene rings is 2. The number of halogens is 2. The van der Waals surface area contributed by atoms with E-state index in [2.05, 4.69) is 4.98 Å². The van der Waals surface area contributed by atoms with E-state index in [1.807, 2.05) is 41.8 Å². The van der Waals surface area contributed by atoms with Crippen molar-refractivity contribution in [2.24, 2.45) is 10.1 Å². The zero-order valence-corrected chi connectivity index (χ0v) is 19.1. The van der Waals surface area contributed by atoms with Crippen molar-refractivity contribution in [1.29, 1.82) is 0 Å². The minimum atomic E-state index is -0.194. The molecule has 0 fully saturated rings. The molecule has 1 amide bonds. The monoisotopic (exact) mass is 479 g/mol. The largest absolute Gasteiger partial charge is 0.309 e. The van der Waals surface area contributed by atoms with Gasteiger partial charge in [-0.2, -0.15) is 5.10 Å². The number of likely N-dealkylation sites (N-methyl/N-ethyl adjacent to an activating group) is 1. The van der Waals surface area contributed by atoms with Gasteiger partial charge in [0.25, 0.3) is 5.91 Å². The quantitative estimate of drug-likeness (QED) is 0.395. The summed E-state index contributed by atoms with van der Waals surface area (Å²) in [5, 5.41) is 7.73. The molecular weight excluding hydrogens is 465 g/mol. The Balaban J connectivity index is 1.78. The van der Waals surface area contributed by atoms with Crippen LogP contribution in [0, 0.1) is 0 Å². The molecule has 4 aromatic rings. The number of fused-ring (bicyclic) bond motifs is 1. The Morgan fingerprint density at radius 2 is 1.88 bits per heavy atom. The second-order valence-electron chi connectivity index (χ2n) is 6.99. The molecule has 0 saturated carbocycles. The van der Waals surface area contributed by atoms with Gasteiger partial charge < -0.3 is 4.90 Å². The molecule has 9 heteroatoms. The lowest BCUT2D eigenvalue weighted by atomic mass is 10.1. The first-order valence-corrected chi connectivity index (χ1v) is 11.2. The highest BCUT2D eigenvalue weighted by Gasteiger charge is 2.31. The lowest BCUT2D eigenvalue weighted by Crippen LogP contribution is -2.27. The molecule has 3 heterocycles. The van der Waals surface area contributed by atoms with Crippen LogP contribution in [0.5, 0.6) is 0 Å². The van der Waals surface area contributed by atoms with Crippen molar-refractivity contribution in [3.63, 3.8) is 0 Å². The first-order chi connectivity index (χ1) is 15.5. The van der Waals surface area contributed by atoms with Crippen LogP contribution < -0.4 is 9.70 Å². The van der Waals surface area contributed by atoms with Gasteiger partial charge in [-0.25, -0.2) is 9.67 Å². The Hall–Kier alpha value is -3.26. The average Bonchev–Trinajstić information content (AvgIpc) is 3.30. The molecule has 0 N–H and O–H groups in total. The Bertz CT molecular complexity index is 1440. The smallest absolute Gasteiger partial charge is 0.279 e. The van der Waals surface area contributed by atoms with Crippen LogP contribution in [0.1, 0.15) is 5.56 Å². The van der Waals surface area contributed by atoms with Gasteiger partial charge in [0.2, 0.25) is 4.80 Å². The highest BCUT2D eigenvalue weighted by Crippen LogP contribution is 2.32. The van der Waals surface area contributed by atoms with Crippen molar-refractivity contribution in [2.75, 3.05) is 11.9 Å². The van der Waals surface area contributed by atoms with Gasteiger partial charge in [-0.1, -0.05) is 41.4 Å². The Kier molecular flexibility index (Phi) is 5.38. The minimum absolute atomic E-state index is 0.194. The molecule has 2 aromatic carbocycles. The van der Waals surface area contributed by atoms with Crippen molar-refractivity contribution >= 4 is 57.5 Å². The topological polar surface area (TPSA) is 62.9 Å². The summed E-state index contributed by atoms with van der Waals surface area (Å²) in [6.07, 6.45) is 3.34. The first-order valence-electron chi connectivity index (χ1n) is 9.60. The summed E-state index contributed by atoms with van der Waals surface area (Å²) in [6, 6.07) is 16.4. The van der Waals surface area contributed by atoms with Crippen LogP contribution in [0.15, 0.2) is 82.5 Å². The fourth-order valence-corrected chi connectivity index (χ4v) is 4.66. The van der Waals surface area contributed by atoms with Crippen molar-refractivity contribution in [3.8, 4) is 11.3 Å². The molecule has 0 unspecified atom stereocenters. The standard InChI is InChI=1S/C23H15Cl2N5OS/c1-29-19-7-3-2-6-16(19)21(22(29)31)28-30-20(17-11-14(24)8-9-18(17)25)13-32-23(30)27-15-5-4-10-26-12-15/h2-13H,1H3. The molecule has 2 aromatic heterocycles. The van der Waals surface area contributed by atoms with Gasteiger partial charge in [0.05, 0.1) is 28.3 Å².